The smallest absolute Gasteiger partial charge is 0.251 e. The molecule has 10 heteroatoms. The number of nitrogens with one attached hydrogen (secondary N) is 2. The van der Waals surface area contributed by atoms with Gasteiger partial charge in [-0.2, -0.15) is 4.98 Å². The molecular weight excluding hydrogens is 450 g/mol. The molecule has 2 amide bonds. The number of nitrogens with zero attached hydrogens (tertiary/aromatic N) is 5. The number of likely N-dealkylation sites (N-methyl/N-ethyl adjacent to an activating group) is 1. The molecule has 34 heavy (non-hydrogen) atoms. The van der Waals surface area contributed by atoms with Gasteiger partial charge in [-0.3, -0.25) is 14.6 Å². The highest BCUT2D eigenvalue weighted by Crippen LogP contribution is 2.39. The zero-order chi connectivity index (χ0) is 23.7. The Bertz CT molecular complexity index is 1180. The average Bonchev–Trinajstić information content (AvgIpc) is 3.52. The van der Waals surface area contributed by atoms with Crippen LogP contribution in [0.5, 0.6) is 0 Å². The molecule has 2 N–H and O–H groups in total. The first kappa shape index (κ1) is 22.3. The Kier molecular flexibility index (Phi) is 6.14. The van der Waals surface area contributed by atoms with Crippen LogP contribution in [0.3, 0.4) is 0 Å². The Morgan fingerprint density at radius 3 is 2.68 bits per heavy atom. The minimum atomic E-state index is -0.205. The number of carbonyl (C=O) groups excluding carboxylic acids is 2. The topological polar surface area (TPSA) is 103 Å². The number of anilines is 4. The average molecular weight is 478 g/mol. The van der Waals surface area contributed by atoms with Crippen molar-refractivity contribution < 1.29 is 9.59 Å². The van der Waals surface area contributed by atoms with E-state index in [1.54, 1.807) is 42.0 Å². The number of fused-ring (bicyclic) bond motifs is 1. The molecule has 2 aromatic heterocycles. The Balaban J connectivity index is 1.31. The van der Waals surface area contributed by atoms with Crippen molar-refractivity contribution in [2.75, 3.05) is 28.7 Å². The van der Waals surface area contributed by atoms with Crippen LogP contribution >= 0.6 is 11.3 Å². The van der Waals surface area contributed by atoms with Gasteiger partial charge in [0.1, 0.15) is 11.7 Å². The normalized spacial score (nSPS) is 17.5. The molecule has 2 aliphatic rings. The number of benzene rings is 1. The van der Waals surface area contributed by atoms with E-state index in [4.69, 9.17) is 4.98 Å². The van der Waals surface area contributed by atoms with E-state index >= 15 is 0 Å². The van der Waals surface area contributed by atoms with Crippen molar-refractivity contribution in [1.82, 2.24) is 20.3 Å². The van der Waals surface area contributed by atoms with Crippen molar-refractivity contribution in [2.45, 2.75) is 38.8 Å². The van der Waals surface area contributed by atoms with Crippen molar-refractivity contribution >= 4 is 46.3 Å². The first-order valence-corrected chi connectivity index (χ1v) is 12.4. The molecule has 0 bridgehead atoms. The molecule has 1 atom stereocenters. The van der Waals surface area contributed by atoms with Gasteiger partial charge in [-0.1, -0.05) is 6.92 Å². The number of amides is 2. The lowest BCUT2D eigenvalue weighted by molar-refractivity contribution is -0.120. The fourth-order valence-corrected chi connectivity index (χ4v) is 4.65. The van der Waals surface area contributed by atoms with E-state index in [9.17, 15) is 9.59 Å². The number of hydrogen-bond donors (Lipinski definition) is 2. The van der Waals surface area contributed by atoms with Crippen molar-refractivity contribution in [3.63, 3.8) is 0 Å². The fraction of sp³-hybridized carbons (Fsp3) is 0.375. The van der Waals surface area contributed by atoms with Crippen LogP contribution in [0.4, 0.5) is 23.1 Å². The highest BCUT2D eigenvalue weighted by Gasteiger charge is 2.39. The number of rotatable bonds is 8. The van der Waals surface area contributed by atoms with E-state index < -0.39 is 0 Å². The molecule has 9 nitrogen and oxygen atoms in total. The third-order valence-corrected chi connectivity index (χ3v) is 7.00. The van der Waals surface area contributed by atoms with Gasteiger partial charge in [-0.15, -0.1) is 11.3 Å². The van der Waals surface area contributed by atoms with Gasteiger partial charge in [-0.05, 0) is 49.4 Å². The van der Waals surface area contributed by atoms with Crippen molar-refractivity contribution in [3.05, 3.63) is 52.6 Å². The van der Waals surface area contributed by atoms with Crippen LogP contribution in [0.15, 0.2) is 42.2 Å². The fourth-order valence-electron chi connectivity index (χ4n) is 4.12. The second-order valence-corrected chi connectivity index (χ2v) is 9.64. The maximum atomic E-state index is 12.9. The van der Waals surface area contributed by atoms with Crippen molar-refractivity contribution in [2.24, 2.45) is 5.92 Å². The van der Waals surface area contributed by atoms with E-state index in [0.29, 0.717) is 24.0 Å². The lowest BCUT2D eigenvalue weighted by Crippen LogP contribution is -2.53. The lowest BCUT2D eigenvalue weighted by atomic mass is 10.1. The monoisotopic (exact) mass is 477 g/mol. The number of hydrogen-bond acceptors (Lipinski definition) is 8. The van der Waals surface area contributed by atoms with E-state index in [2.05, 4.69) is 25.5 Å². The predicted molar refractivity (Wildman–Crippen MR) is 133 cm³/mol. The van der Waals surface area contributed by atoms with Gasteiger partial charge in [0.2, 0.25) is 11.9 Å². The summed E-state index contributed by atoms with van der Waals surface area (Å²) in [6.07, 6.45) is 6.59. The Labute approximate surface area is 202 Å². The first-order valence-electron chi connectivity index (χ1n) is 11.5. The van der Waals surface area contributed by atoms with E-state index in [1.807, 2.05) is 19.1 Å². The first-order chi connectivity index (χ1) is 16.5. The van der Waals surface area contributed by atoms with Crippen LogP contribution in [0.2, 0.25) is 0 Å². The molecule has 1 fully saturated rings. The molecular formula is C24H27N7O2S. The van der Waals surface area contributed by atoms with Crippen LogP contribution in [0.1, 0.15) is 41.4 Å². The SMILES string of the molecule is CCC1C(=O)N(C)c2cnc(Nc3ccc(C(=O)NCc4cncs4)cc3)nc2N1CC1CC1. The third-order valence-electron chi connectivity index (χ3n) is 6.22. The van der Waals surface area contributed by atoms with Gasteiger partial charge in [0.25, 0.3) is 5.91 Å². The Morgan fingerprint density at radius 2 is 2.00 bits per heavy atom. The molecule has 0 radical (unpaired) electrons. The standard InChI is InChI=1S/C24H27N7O2S/c1-3-19-23(33)30(2)20-12-27-24(29-21(20)31(19)13-15-4-5-15)28-17-8-6-16(7-9-17)22(32)26-11-18-10-25-14-34-18/h6-10,12,14-15,19H,3-5,11,13H2,1-2H3,(H,26,32)(H,27,28,29). The summed E-state index contributed by atoms with van der Waals surface area (Å²) in [6.45, 7) is 3.34. The minimum absolute atomic E-state index is 0.0872. The molecule has 0 spiro atoms. The summed E-state index contributed by atoms with van der Waals surface area (Å²) in [7, 11) is 1.79. The molecule has 0 saturated heterocycles. The van der Waals surface area contributed by atoms with Crippen LogP contribution in [0.25, 0.3) is 0 Å². The number of carbonyl (C=O) groups is 2. The molecule has 5 rings (SSSR count). The number of thiazole rings is 1. The van der Waals surface area contributed by atoms with E-state index in [1.165, 1.54) is 24.2 Å². The highest BCUT2D eigenvalue weighted by atomic mass is 32.1. The van der Waals surface area contributed by atoms with Crippen LogP contribution in [0, 0.1) is 5.92 Å². The molecule has 1 aliphatic carbocycles. The van der Waals surface area contributed by atoms with E-state index in [0.717, 1.165) is 35.0 Å². The van der Waals surface area contributed by atoms with E-state index in [-0.39, 0.29) is 17.9 Å². The van der Waals surface area contributed by atoms with Gasteiger partial charge >= 0.3 is 0 Å². The largest absolute Gasteiger partial charge is 0.347 e. The number of aromatic nitrogens is 3. The zero-order valence-corrected chi connectivity index (χ0v) is 20.0. The highest BCUT2D eigenvalue weighted by molar-refractivity contribution is 7.09. The van der Waals surface area contributed by atoms with Gasteiger partial charge in [0, 0.05) is 35.9 Å². The quantitative estimate of drug-likeness (QED) is 0.511. The molecule has 1 unspecified atom stereocenters. The second-order valence-electron chi connectivity index (χ2n) is 8.67. The summed E-state index contributed by atoms with van der Waals surface area (Å²) in [4.78, 5) is 43.4. The molecule has 176 valence electrons. The summed E-state index contributed by atoms with van der Waals surface area (Å²) in [6, 6.07) is 6.99. The zero-order valence-electron chi connectivity index (χ0n) is 19.2. The Hall–Kier alpha value is -3.53. The van der Waals surface area contributed by atoms with Crippen LogP contribution in [-0.2, 0) is 11.3 Å². The summed E-state index contributed by atoms with van der Waals surface area (Å²) in [5.74, 6) is 1.82. The molecule has 1 aliphatic heterocycles. The summed E-state index contributed by atoms with van der Waals surface area (Å²) < 4.78 is 0. The van der Waals surface area contributed by atoms with Gasteiger partial charge in [0.05, 0.1) is 18.3 Å². The minimum Gasteiger partial charge on any atom is -0.347 e. The molecule has 3 aromatic rings. The molecule has 1 aromatic carbocycles. The second kappa shape index (κ2) is 9.38. The summed E-state index contributed by atoms with van der Waals surface area (Å²) >= 11 is 1.51. The predicted octanol–water partition coefficient (Wildman–Crippen LogP) is 3.58. The van der Waals surface area contributed by atoms with Crippen molar-refractivity contribution in [1.29, 1.82) is 0 Å². The maximum Gasteiger partial charge on any atom is 0.251 e. The summed E-state index contributed by atoms with van der Waals surface area (Å²) in [5, 5.41) is 6.13. The lowest BCUT2D eigenvalue weighted by Gasteiger charge is -2.40. The van der Waals surface area contributed by atoms with Gasteiger partial charge in [-0.25, -0.2) is 4.98 Å². The Morgan fingerprint density at radius 1 is 1.21 bits per heavy atom. The molecule has 3 heterocycles. The molecule has 1 saturated carbocycles. The maximum absolute atomic E-state index is 12.9. The van der Waals surface area contributed by atoms with Crippen LogP contribution in [-0.4, -0.2) is 46.4 Å². The summed E-state index contributed by atoms with van der Waals surface area (Å²) in [5.41, 5.74) is 3.82. The third kappa shape index (κ3) is 4.58. The van der Waals surface area contributed by atoms with Gasteiger partial charge < -0.3 is 20.4 Å². The van der Waals surface area contributed by atoms with Crippen LogP contribution < -0.4 is 20.4 Å². The van der Waals surface area contributed by atoms with Crippen molar-refractivity contribution in [3.8, 4) is 0 Å². The van der Waals surface area contributed by atoms with Gasteiger partial charge in [0.15, 0.2) is 5.82 Å².